The average Bonchev–Trinajstić information content (AvgIpc) is 3.21. The SMILES string of the molecule is COc1ccc(CNC(=O)[C@@H]2CCCC[C@@H]2C(=O)N2CCc3ccccc32)cc1. The molecule has 1 saturated carbocycles. The van der Waals surface area contributed by atoms with Crippen LogP contribution in [0.1, 0.15) is 36.8 Å². The first kappa shape index (κ1) is 19.5. The van der Waals surface area contributed by atoms with Crippen molar-refractivity contribution >= 4 is 17.5 Å². The van der Waals surface area contributed by atoms with Gasteiger partial charge in [0.05, 0.1) is 13.0 Å². The number of benzene rings is 2. The summed E-state index contributed by atoms with van der Waals surface area (Å²) >= 11 is 0. The molecule has 1 heterocycles. The van der Waals surface area contributed by atoms with Crippen LogP contribution in [0.3, 0.4) is 0 Å². The molecule has 0 radical (unpaired) electrons. The molecule has 0 saturated heterocycles. The number of methoxy groups -OCH3 is 1. The Kier molecular flexibility index (Phi) is 5.84. The Morgan fingerprint density at radius 3 is 2.52 bits per heavy atom. The van der Waals surface area contributed by atoms with E-state index in [1.54, 1.807) is 7.11 Å². The van der Waals surface area contributed by atoms with Gasteiger partial charge < -0.3 is 15.0 Å². The van der Waals surface area contributed by atoms with Gasteiger partial charge in [0.25, 0.3) is 0 Å². The lowest BCUT2D eigenvalue weighted by molar-refractivity contribution is -0.135. The van der Waals surface area contributed by atoms with Crippen LogP contribution >= 0.6 is 0 Å². The van der Waals surface area contributed by atoms with E-state index in [9.17, 15) is 9.59 Å². The molecule has 0 spiro atoms. The third kappa shape index (κ3) is 4.14. The summed E-state index contributed by atoms with van der Waals surface area (Å²) in [6.07, 6.45) is 4.47. The molecule has 2 aromatic carbocycles. The number of rotatable bonds is 5. The number of nitrogens with zero attached hydrogens (tertiary/aromatic N) is 1. The molecule has 5 heteroatoms. The zero-order valence-corrected chi connectivity index (χ0v) is 16.9. The summed E-state index contributed by atoms with van der Waals surface area (Å²) in [5.41, 5.74) is 3.25. The Bertz CT molecular complexity index is 878. The van der Waals surface area contributed by atoms with Crippen LogP contribution in [0.4, 0.5) is 5.69 Å². The molecule has 29 heavy (non-hydrogen) atoms. The lowest BCUT2D eigenvalue weighted by Gasteiger charge is -2.32. The number of hydrogen-bond acceptors (Lipinski definition) is 3. The lowest BCUT2D eigenvalue weighted by atomic mass is 9.77. The highest BCUT2D eigenvalue weighted by atomic mass is 16.5. The molecule has 1 fully saturated rings. The van der Waals surface area contributed by atoms with E-state index in [0.29, 0.717) is 6.54 Å². The van der Waals surface area contributed by atoms with Crippen LogP contribution < -0.4 is 15.0 Å². The third-order valence-corrected chi connectivity index (χ3v) is 6.20. The summed E-state index contributed by atoms with van der Waals surface area (Å²) in [7, 11) is 1.63. The number of anilines is 1. The highest BCUT2D eigenvalue weighted by molar-refractivity contribution is 5.99. The van der Waals surface area contributed by atoms with Gasteiger partial charge in [0.1, 0.15) is 5.75 Å². The number of carbonyl (C=O) groups is 2. The van der Waals surface area contributed by atoms with Crippen LogP contribution in [0.15, 0.2) is 48.5 Å². The fourth-order valence-corrected chi connectivity index (χ4v) is 4.57. The monoisotopic (exact) mass is 392 g/mol. The van der Waals surface area contributed by atoms with Crippen LogP contribution in [-0.2, 0) is 22.6 Å². The molecule has 4 rings (SSSR count). The first-order valence-corrected chi connectivity index (χ1v) is 10.5. The first-order chi connectivity index (χ1) is 14.2. The molecule has 2 aliphatic rings. The summed E-state index contributed by atoms with van der Waals surface area (Å²) in [6, 6.07) is 15.8. The number of fused-ring (bicyclic) bond motifs is 1. The van der Waals surface area contributed by atoms with Crippen LogP contribution in [0.25, 0.3) is 0 Å². The topological polar surface area (TPSA) is 58.6 Å². The fourth-order valence-electron chi connectivity index (χ4n) is 4.57. The van der Waals surface area contributed by atoms with E-state index < -0.39 is 0 Å². The van der Waals surface area contributed by atoms with Gasteiger partial charge in [-0.1, -0.05) is 43.2 Å². The Labute approximate surface area is 172 Å². The molecule has 1 N–H and O–H groups in total. The van der Waals surface area contributed by atoms with Crippen LogP contribution in [0, 0.1) is 11.8 Å². The number of nitrogens with one attached hydrogen (secondary N) is 1. The van der Waals surface area contributed by atoms with Gasteiger partial charge >= 0.3 is 0 Å². The highest BCUT2D eigenvalue weighted by Gasteiger charge is 2.39. The van der Waals surface area contributed by atoms with Crippen molar-refractivity contribution in [2.45, 2.75) is 38.6 Å². The van der Waals surface area contributed by atoms with Crippen LogP contribution in [-0.4, -0.2) is 25.5 Å². The summed E-state index contributed by atoms with van der Waals surface area (Å²) < 4.78 is 5.17. The molecule has 0 aromatic heterocycles. The van der Waals surface area contributed by atoms with Gasteiger partial charge in [-0.2, -0.15) is 0 Å². The predicted molar refractivity (Wildman–Crippen MR) is 113 cm³/mol. The molecule has 2 atom stereocenters. The normalized spacial score (nSPS) is 20.8. The second kappa shape index (κ2) is 8.68. The number of ether oxygens (including phenoxy) is 1. The Morgan fingerprint density at radius 1 is 1.03 bits per heavy atom. The molecule has 5 nitrogen and oxygen atoms in total. The molecule has 152 valence electrons. The van der Waals surface area contributed by atoms with Gasteiger partial charge in [-0.25, -0.2) is 0 Å². The number of hydrogen-bond donors (Lipinski definition) is 1. The number of amides is 2. The van der Waals surface area contributed by atoms with Gasteiger partial charge in [0.2, 0.25) is 11.8 Å². The number of carbonyl (C=O) groups excluding carboxylic acids is 2. The van der Waals surface area contributed by atoms with E-state index in [2.05, 4.69) is 11.4 Å². The lowest BCUT2D eigenvalue weighted by Crippen LogP contribution is -2.45. The van der Waals surface area contributed by atoms with E-state index in [0.717, 1.165) is 55.6 Å². The molecule has 0 bridgehead atoms. The maximum absolute atomic E-state index is 13.4. The average molecular weight is 392 g/mol. The van der Waals surface area contributed by atoms with Crippen molar-refractivity contribution in [1.82, 2.24) is 5.32 Å². The third-order valence-electron chi connectivity index (χ3n) is 6.20. The zero-order chi connectivity index (χ0) is 20.2. The van der Waals surface area contributed by atoms with Gasteiger partial charge in [-0.05, 0) is 48.6 Å². The largest absolute Gasteiger partial charge is 0.497 e. The maximum Gasteiger partial charge on any atom is 0.230 e. The Morgan fingerprint density at radius 2 is 1.76 bits per heavy atom. The summed E-state index contributed by atoms with van der Waals surface area (Å²) in [5, 5.41) is 3.05. The van der Waals surface area contributed by atoms with Crippen LogP contribution in [0.5, 0.6) is 5.75 Å². The minimum absolute atomic E-state index is 0.00801. The maximum atomic E-state index is 13.4. The van der Waals surface area contributed by atoms with E-state index >= 15 is 0 Å². The minimum Gasteiger partial charge on any atom is -0.497 e. The standard InChI is InChI=1S/C24H28N2O3/c1-29-19-12-10-17(11-13-19)16-25-23(27)20-7-3-4-8-21(20)24(28)26-15-14-18-6-2-5-9-22(18)26/h2,5-6,9-13,20-21H,3-4,7-8,14-16H2,1H3,(H,25,27)/t20-,21+/m1/s1. The minimum atomic E-state index is -0.248. The molecule has 2 amide bonds. The molecule has 1 aliphatic carbocycles. The van der Waals surface area contributed by atoms with E-state index in [1.165, 1.54) is 5.56 Å². The van der Waals surface area contributed by atoms with Crippen molar-refractivity contribution in [2.24, 2.45) is 11.8 Å². The second-order valence-corrected chi connectivity index (χ2v) is 7.93. The van der Waals surface area contributed by atoms with Crippen molar-refractivity contribution in [1.29, 1.82) is 0 Å². The van der Waals surface area contributed by atoms with E-state index in [-0.39, 0.29) is 23.7 Å². The second-order valence-electron chi connectivity index (χ2n) is 7.93. The summed E-state index contributed by atoms with van der Waals surface area (Å²) in [4.78, 5) is 28.2. The molecule has 2 aromatic rings. The van der Waals surface area contributed by atoms with Gasteiger partial charge in [-0.3, -0.25) is 9.59 Å². The van der Waals surface area contributed by atoms with Crippen molar-refractivity contribution < 1.29 is 14.3 Å². The molecule has 0 unspecified atom stereocenters. The predicted octanol–water partition coefficient (Wildman–Crippen LogP) is 3.71. The highest BCUT2D eigenvalue weighted by Crippen LogP contribution is 2.36. The molecular weight excluding hydrogens is 364 g/mol. The van der Waals surface area contributed by atoms with Crippen molar-refractivity contribution in [3.05, 3.63) is 59.7 Å². The number of para-hydroxylation sites is 1. The smallest absolute Gasteiger partial charge is 0.230 e. The van der Waals surface area contributed by atoms with Gasteiger partial charge in [0, 0.05) is 24.7 Å². The quantitative estimate of drug-likeness (QED) is 0.844. The van der Waals surface area contributed by atoms with Crippen LogP contribution in [0.2, 0.25) is 0 Å². The summed E-state index contributed by atoms with van der Waals surface area (Å²) in [5.74, 6) is 0.419. The van der Waals surface area contributed by atoms with E-state index in [4.69, 9.17) is 4.74 Å². The molecular formula is C24H28N2O3. The first-order valence-electron chi connectivity index (χ1n) is 10.5. The fraction of sp³-hybridized carbons (Fsp3) is 0.417. The molecule has 1 aliphatic heterocycles. The Balaban J connectivity index is 1.43. The van der Waals surface area contributed by atoms with Gasteiger partial charge in [-0.15, -0.1) is 0 Å². The summed E-state index contributed by atoms with van der Waals surface area (Å²) in [6.45, 7) is 1.18. The van der Waals surface area contributed by atoms with Crippen molar-refractivity contribution in [3.63, 3.8) is 0 Å². The van der Waals surface area contributed by atoms with Crippen molar-refractivity contribution in [3.8, 4) is 5.75 Å². The van der Waals surface area contributed by atoms with E-state index in [1.807, 2.05) is 47.4 Å². The zero-order valence-electron chi connectivity index (χ0n) is 16.9. The Hall–Kier alpha value is -2.82. The van der Waals surface area contributed by atoms with Gasteiger partial charge in [0.15, 0.2) is 0 Å². The van der Waals surface area contributed by atoms with Crippen molar-refractivity contribution in [2.75, 3.05) is 18.6 Å².